The van der Waals surface area contributed by atoms with E-state index in [4.69, 9.17) is 9.72 Å². The summed E-state index contributed by atoms with van der Waals surface area (Å²) in [5.74, 6) is 0.419. The van der Waals surface area contributed by atoms with E-state index in [9.17, 15) is 13.7 Å². The van der Waals surface area contributed by atoms with Crippen molar-refractivity contribution < 1.29 is 13.2 Å². The SMILES string of the molecule is Cc1ccc(S(=O)(=O)[C@H](C#N)c2nc3ccccc3nc2N2C[C@@H](C)O[C@H](C)C2)cc1. The van der Waals surface area contributed by atoms with E-state index in [2.05, 4.69) is 4.98 Å². The Morgan fingerprint density at radius 3 is 2.19 bits per heavy atom. The van der Waals surface area contributed by atoms with E-state index in [1.54, 1.807) is 18.2 Å². The Labute approximate surface area is 182 Å². The number of hydrogen-bond donors (Lipinski definition) is 0. The van der Waals surface area contributed by atoms with Gasteiger partial charge in [-0.3, -0.25) is 0 Å². The summed E-state index contributed by atoms with van der Waals surface area (Å²) in [6.45, 7) is 6.87. The molecule has 1 fully saturated rings. The van der Waals surface area contributed by atoms with Crippen molar-refractivity contribution in [3.05, 3.63) is 59.8 Å². The smallest absolute Gasteiger partial charge is 0.200 e. The van der Waals surface area contributed by atoms with E-state index in [1.165, 1.54) is 12.1 Å². The molecule has 0 aliphatic carbocycles. The van der Waals surface area contributed by atoms with Crippen LogP contribution in [-0.4, -0.2) is 43.7 Å². The summed E-state index contributed by atoms with van der Waals surface area (Å²) in [6, 6.07) is 15.8. The number of nitriles is 1. The second-order valence-electron chi connectivity index (χ2n) is 7.95. The maximum atomic E-state index is 13.4. The van der Waals surface area contributed by atoms with Gasteiger partial charge in [0.1, 0.15) is 5.69 Å². The van der Waals surface area contributed by atoms with Crippen molar-refractivity contribution >= 4 is 26.7 Å². The van der Waals surface area contributed by atoms with Crippen molar-refractivity contribution in [3.8, 4) is 6.07 Å². The normalized spacial score (nSPS) is 20.4. The Balaban J connectivity index is 1.90. The number of hydrogen-bond acceptors (Lipinski definition) is 7. The molecule has 0 radical (unpaired) electrons. The molecule has 0 spiro atoms. The minimum atomic E-state index is -4.00. The van der Waals surface area contributed by atoms with Gasteiger partial charge in [-0.15, -0.1) is 0 Å². The molecule has 1 aromatic heterocycles. The fourth-order valence-corrected chi connectivity index (χ4v) is 5.28. The van der Waals surface area contributed by atoms with Crippen LogP contribution in [0.4, 0.5) is 5.82 Å². The highest BCUT2D eigenvalue weighted by Crippen LogP contribution is 2.35. The van der Waals surface area contributed by atoms with Crippen molar-refractivity contribution in [1.82, 2.24) is 9.97 Å². The second-order valence-corrected chi connectivity index (χ2v) is 9.98. The zero-order valence-electron chi connectivity index (χ0n) is 17.7. The van der Waals surface area contributed by atoms with Gasteiger partial charge in [0.2, 0.25) is 9.84 Å². The van der Waals surface area contributed by atoms with Crippen LogP contribution in [0.2, 0.25) is 0 Å². The number of fused-ring (bicyclic) bond motifs is 1. The number of sulfone groups is 1. The molecular weight excluding hydrogens is 412 g/mol. The van der Waals surface area contributed by atoms with E-state index in [1.807, 2.05) is 49.9 Å². The summed E-state index contributed by atoms with van der Waals surface area (Å²) < 4.78 is 32.7. The summed E-state index contributed by atoms with van der Waals surface area (Å²) in [4.78, 5) is 11.5. The van der Waals surface area contributed by atoms with Crippen LogP contribution in [0.1, 0.15) is 30.4 Å². The molecule has 0 saturated carbocycles. The van der Waals surface area contributed by atoms with Gasteiger partial charge in [-0.1, -0.05) is 29.8 Å². The van der Waals surface area contributed by atoms with Gasteiger partial charge >= 0.3 is 0 Å². The number of aryl methyl sites for hydroxylation is 1. The van der Waals surface area contributed by atoms with Gasteiger partial charge in [0.15, 0.2) is 11.1 Å². The van der Waals surface area contributed by atoms with Crippen LogP contribution >= 0.6 is 0 Å². The molecule has 160 valence electrons. The fourth-order valence-electron chi connectivity index (χ4n) is 3.91. The molecule has 31 heavy (non-hydrogen) atoms. The molecule has 8 heteroatoms. The molecule has 3 atom stereocenters. The second kappa shape index (κ2) is 8.25. The van der Waals surface area contributed by atoms with Gasteiger partial charge in [0.05, 0.1) is 34.2 Å². The lowest BCUT2D eigenvalue weighted by Crippen LogP contribution is -2.46. The monoisotopic (exact) mass is 436 g/mol. The molecule has 3 aromatic rings. The first-order valence-corrected chi connectivity index (χ1v) is 11.7. The van der Waals surface area contributed by atoms with Crippen molar-refractivity contribution in [2.24, 2.45) is 0 Å². The van der Waals surface area contributed by atoms with E-state index in [-0.39, 0.29) is 22.8 Å². The number of nitrogens with zero attached hydrogens (tertiary/aromatic N) is 4. The lowest BCUT2D eigenvalue weighted by molar-refractivity contribution is -0.00550. The first-order chi connectivity index (χ1) is 14.8. The number of ether oxygens (including phenoxy) is 1. The largest absolute Gasteiger partial charge is 0.372 e. The number of anilines is 1. The summed E-state index contributed by atoms with van der Waals surface area (Å²) in [5.41, 5.74) is 2.30. The van der Waals surface area contributed by atoms with Crippen LogP contribution in [0.15, 0.2) is 53.4 Å². The Morgan fingerprint density at radius 1 is 1.03 bits per heavy atom. The topological polar surface area (TPSA) is 96.2 Å². The Bertz CT molecular complexity index is 1240. The maximum Gasteiger partial charge on any atom is 0.200 e. The van der Waals surface area contributed by atoms with Crippen LogP contribution < -0.4 is 4.90 Å². The van der Waals surface area contributed by atoms with Gasteiger partial charge in [-0.2, -0.15) is 5.26 Å². The molecule has 0 unspecified atom stereocenters. The quantitative estimate of drug-likeness (QED) is 0.616. The average molecular weight is 437 g/mol. The highest BCUT2D eigenvalue weighted by Gasteiger charge is 2.36. The van der Waals surface area contributed by atoms with Gasteiger partial charge in [0, 0.05) is 13.1 Å². The number of aromatic nitrogens is 2. The summed E-state index contributed by atoms with van der Waals surface area (Å²) in [5, 5.41) is 8.51. The Morgan fingerprint density at radius 2 is 1.61 bits per heavy atom. The Hall–Kier alpha value is -3.02. The number of para-hydroxylation sites is 2. The number of benzene rings is 2. The third-order valence-electron chi connectivity index (χ3n) is 5.32. The van der Waals surface area contributed by atoms with Crippen molar-refractivity contribution in [2.45, 2.75) is 43.1 Å². The number of morpholine rings is 1. The lowest BCUT2D eigenvalue weighted by atomic mass is 10.2. The van der Waals surface area contributed by atoms with E-state index >= 15 is 0 Å². The molecular formula is C23H24N4O3S. The third-order valence-corrected chi connectivity index (χ3v) is 7.20. The predicted molar refractivity (Wildman–Crippen MR) is 118 cm³/mol. The average Bonchev–Trinajstić information content (AvgIpc) is 2.73. The zero-order chi connectivity index (χ0) is 22.2. The van der Waals surface area contributed by atoms with Crippen molar-refractivity contribution in [2.75, 3.05) is 18.0 Å². The summed E-state index contributed by atoms with van der Waals surface area (Å²) in [7, 11) is -4.00. The molecule has 7 nitrogen and oxygen atoms in total. The van der Waals surface area contributed by atoms with Crippen LogP contribution in [0.3, 0.4) is 0 Å². The van der Waals surface area contributed by atoms with Gasteiger partial charge in [0.25, 0.3) is 0 Å². The van der Waals surface area contributed by atoms with Crippen molar-refractivity contribution in [3.63, 3.8) is 0 Å². The van der Waals surface area contributed by atoms with Crippen LogP contribution in [0.5, 0.6) is 0 Å². The molecule has 0 bridgehead atoms. The summed E-state index contributed by atoms with van der Waals surface area (Å²) >= 11 is 0. The highest BCUT2D eigenvalue weighted by atomic mass is 32.2. The first-order valence-electron chi connectivity index (χ1n) is 10.2. The van der Waals surface area contributed by atoms with Gasteiger partial charge in [-0.25, -0.2) is 18.4 Å². The minimum Gasteiger partial charge on any atom is -0.372 e. The zero-order valence-corrected chi connectivity index (χ0v) is 18.5. The number of rotatable bonds is 4. The lowest BCUT2D eigenvalue weighted by Gasteiger charge is -2.37. The minimum absolute atomic E-state index is 0.0564. The molecule has 1 aliphatic rings. The van der Waals surface area contributed by atoms with Gasteiger partial charge < -0.3 is 9.64 Å². The third kappa shape index (κ3) is 4.11. The van der Waals surface area contributed by atoms with Crippen LogP contribution in [-0.2, 0) is 14.6 Å². The molecule has 2 heterocycles. The molecule has 0 amide bonds. The van der Waals surface area contributed by atoms with E-state index < -0.39 is 15.1 Å². The predicted octanol–water partition coefficient (Wildman–Crippen LogP) is 3.59. The van der Waals surface area contributed by atoms with Gasteiger partial charge in [-0.05, 0) is 45.0 Å². The van der Waals surface area contributed by atoms with Crippen molar-refractivity contribution in [1.29, 1.82) is 5.26 Å². The maximum absolute atomic E-state index is 13.4. The fraction of sp³-hybridized carbons (Fsp3) is 0.348. The molecule has 1 saturated heterocycles. The summed E-state index contributed by atoms with van der Waals surface area (Å²) in [6.07, 6.45) is -0.113. The molecule has 2 aromatic carbocycles. The standard InChI is InChI=1S/C23H24N4O3S/c1-15-8-10-18(11-9-15)31(28,29)21(12-24)22-23(27-13-16(2)30-17(3)14-27)26-20-7-5-4-6-19(20)25-22/h4-11,16-17,21H,13-14H2,1-3H3/t16-,17-,21-/m1/s1. The first kappa shape index (κ1) is 21.2. The molecule has 4 rings (SSSR count). The van der Waals surface area contributed by atoms with Crippen LogP contribution in [0, 0.1) is 18.3 Å². The molecule has 1 aliphatic heterocycles. The molecule has 0 N–H and O–H groups in total. The highest BCUT2D eigenvalue weighted by molar-refractivity contribution is 7.92. The van der Waals surface area contributed by atoms with E-state index in [0.717, 1.165) is 5.56 Å². The van der Waals surface area contributed by atoms with E-state index in [0.29, 0.717) is 29.9 Å². The van der Waals surface area contributed by atoms with Crippen LogP contribution in [0.25, 0.3) is 11.0 Å². The Kier molecular flexibility index (Phi) is 5.65.